The van der Waals surface area contributed by atoms with E-state index in [-0.39, 0.29) is 24.7 Å². The van der Waals surface area contributed by atoms with Crippen LogP contribution >= 0.6 is 0 Å². The second-order valence-electron chi connectivity index (χ2n) is 10.7. The third-order valence-electron chi connectivity index (χ3n) is 8.25. The highest BCUT2D eigenvalue weighted by molar-refractivity contribution is 5.70. The van der Waals surface area contributed by atoms with Gasteiger partial charge in [0.1, 0.15) is 12.2 Å². The summed E-state index contributed by atoms with van der Waals surface area (Å²) in [7, 11) is 0. The summed E-state index contributed by atoms with van der Waals surface area (Å²) in [6, 6.07) is 4.27. The van der Waals surface area contributed by atoms with Gasteiger partial charge in [0, 0.05) is 31.5 Å². The molecule has 2 unspecified atom stereocenters. The Bertz CT molecular complexity index is 928. The first kappa shape index (κ1) is 24.6. The first-order valence-electron chi connectivity index (χ1n) is 13.9. The lowest BCUT2D eigenvalue weighted by Crippen LogP contribution is -2.50. The maximum absolute atomic E-state index is 12.6. The summed E-state index contributed by atoms with van der Waals surface area (Å²) in [6.45, 7) is 4.30. The van der Waals surface area contributed by atoms with E-state index in [2.05, 4.69) is 17.9 Å². The van der Waals surface area contributed by atoms with Crippen molar-refractivity contribution in [3.05, 3.63) is 34.9 Å². The summed E-state index contributed by atoms with van der Waals surface area (Å²) in [5.41, 5.74) is 3.57. The van der Waals surface area contributed by atoms with Crippen LogP contribution in [0.2, 0.25) is 0 Å². The number of fused-ring (bicyclic) bond motifs is 3. The molecule has 4 atom stereocenters. The highest BCUT2D eigenvalue weighted by Gasteiger charge is 2.50. The molecule has 192 valence electrons. The van der Waals surface area contributed by atoms with E-state index in [0.29, 0.717) is 6.42 Å². The molecule has 3 heterocycles. The lowest BCUT2D eigenvalue weighted by molar-refractivity contribution is -0.153. The van der Waals surface area contributed by atoms with Crippen LogP contribution in [0.25, 0.3) is 0 Å². The Balaban J connectivity index is 1.13. The summed E-state index contributed by atoms with van der Waals surface area (Å²) in [5.74, 6) is 1.21. The molecule has 5 rings (SSSR count). The summed E-state index contributed by atoms with van der Waals surface area (Å²) >= 11 is 0. The maximum Gasteiger partial charge on any atom is 0.306 e. The molecule has 1 fully saturated rings. The lowest BCUT2D eigenvalue weighted by atomic mass is 9.73. The molecule has 0 spiro atoms. The van der Waals surface area contributed by atoms with Crippen LogP contribution in [0.3, 0.4) is 0 Å². The Morgan fingerprint density at radius 3 is 2.46 bits per heavy atom. The third-order valence-corrected chi connectivity index (χ3v) is 8.25. The number of nitrogens with zero attached hydrogens (tertiary/aromatic N) is 1. The van der Waals surface area contributed by atoms with Gasteiger partial charge in [-0.3, -0.25) is 9.69 Å². The summed E-state index contributed by atoms with van der Waals surface area (Å²) in [4.78, 5) is 15.1. The minimum atomic E-state index is -0.763. The standard InChI is InChI=1S/C29H41NO5/c1-2-3-4-5-6-7-8-9-10-11-12-26(31)35-25-15-20-13-14-30-18-21-16-23-24(34-19-33-23)17-22(21)27(28(20)30)29(25)32/h15-17,25,27-29,32H,2-14,18-19H2,1H3/t25-,27?,28?,29+/m0/s1. The lowest BCUT2D eigenvalue weighted by Gasteiger charge is -2.45. The van der Waals surface area contributed by atoms with Crippen molar-refractivity contribution >= 4 is 5.97 Å². The molecule has 1 aromatic rings. The summed E-state index contributed by atoms with van der Waals surface area (Å²) in [5, 5.41) is 11.4. The molecule has 4 aliphatic rings. The molecular formula is C29H41NO5. The van der Waals surface area contributed by atoms with E-state index < -0.39 is 12.2 Å². The molecule has 3 aliphatic heterocycles. The number of esters is 1. The minimum Gasteiger partial charge on any atom is -0.455 e. The van der Waals surface area contributed by atoms with Crippen molar-refractivity contribution in [2.45, 2.75) is 115 Å². The second-order valence-corrected chi connectivity index (χ2v) is 10.7. The van der Waals surface area contributed by atoms with Gasteiger partial charge in [0.25, 0.3) is 0 Å². The maximum atomic E-state index is 12.6. The number of benzene rings is 1. The fourth-order valence-corrected chi connectivity index (χ4v) is 6.40. The Morgan fingerprint density at radius 1 is 1.03 bits per heavy atom. The van der Waals surface area contributed by atoms with Crippen LogP contribution in [0.4, 0.5) is 0 Å². The normalized spacial score (nSPS) is 26.3. The van der Waals surface area contributed by atoms with Gasteiger partial charge in [-0.15, -0.1) is 0 Å². The first-order valence-corrected chi connectivity index (χ1v) is 13.9. The fourth-order valence-electron chi connectivity index (χ4n) is 6.40. The van der Waals surface area contributed by atoms with E-state index in [4.69, 9.17) is 14.2 Å². The van der Waals surface area contributed by atoms with Gasteiger partial charge in [-0.1, -0.05) is 70.3 Å². The first-order chi connectivity index (χ1) is 17.2. The zero-order chi connectivity index (χ0) is 24.2. The topological polar surface area (TPSA) is 68.2 Å². The number of carbonyl (C=O) groups excluding carboxylic acids is 1. The van der Waals surface area contributed by atoms with Gasteiger partial charge in [0.2, 0.25) is 6.79 Å². The van der Waals surface area contributed by atoms with E-state index in [1.807, 2.05) is 12.1 Å². The molecule has 0 aromatic heterocycles. The molecule has 1 aliphatic carbocycles. The number of unbranched alkanes of at least 4 members (excludes halogenated alkanes) is 9. The molecule has 0 saturated carbocycles. The number of ether oxygens (including phenoxy) is 3. The van der Waals surface area contributed by atoms with Crippen molar-refractivity contribution in [2.24, 2.45) is 0 Å². The zero-order valence-corrected chi connectivity index (χ0v) is 21.2. The van der Waals surface area contributed by atoms with Crippen LogP contribution in [-0.2, 0) is 16.1 Å². The Labute approximate surface area is 209 Å². The van der Waals surface area contributed by atoms with Gasteiger partial charge < -0.3 is 19.3 Å². The van der Waals surface area contributed by atoms with Gasteiger partial charge in [-0.25, -0.2) is 0 Å². The molecule has 35 heavy (non-hydrogen) atoms. The van der Waals surface area contributed by atoms with Crippen LogP contribution in [0, 0.1) is 0 Å². The van der Waals surface area contributed by atoms with Crippen LogP contribution in [0.1, 0.15) is 101 Å². The van der Waals surface area contributed by atoms with Crippen molar-refractivity contribution in [3.8, 4) is 11.5 Å². The molecule has 0 radical (unpaired) electrons. The zero-order valence-electron chi connectivity index (χ0n) is 21.2. The third kappa shape index (κ3) is 5.39. The largest absolute Gasteiger partial charge is 0.455 e. The van der Waals surface area contributed by atoms with E-state index in [0.717, 1.165) is 49.4 Å². The molecule has 6 nitrogen and oxygen atoms in total. The Kier molecular flexibility index (Phi) is 7.98. The van der Waals surface area contributed by atoms with Crippen molar-refractivity contribution in [1.29, 1.82) is 0 Å². The van der Waals surface area contributed by atoms with Crippen molar-refractivity contribution in [1.82, 2.24) is 4.90 Å². The van der Waals surface area contributed by atoms with Gasteiger partial charge in [-0.05, 0) is 42.2 Å². The molecule has 6 heteroatoms. The number of aliphatic hydroxyl groups excluding tert-OH is 1. The number of carbonyl (C=O) groups is 1. The Morgan fingerprint density at radius 2 is 1.71 bits per heavy atom. The number of aliphatic hydroxyl groups is 1. The molecule has 0 bridgehead atoms. The smallest absolute Gasteiger partial charge is 0.306 e. The predicted octanol–water partition coefficient (Wildman–Crippen LogP) is 5.61. The van der Waals surface area contributed by atoms with E-state index in [1.165, 1.54) is 62.5 Å². The molecular weight excluding hydrogens is 442 g/mol. The van der Waals surface area contributed by atoms with Gasteiger partial charge in [-0.2, -0.15) is 0 Å². The van der Waals surface area contributed by atoms with Crippen LogP contribution < -0.4 is 9.47 Å². The van der Waals surface area contributed by atoms with E-state index >= 15 is 0 Å². The van der Waals surface area contributed by atoms with Gasteiger partial charge >= 0.3 is 5.97 Å². The van der Waals surface area contributed by atoms with Crippen LogP contribution in [0.5, 0.6) is 11.5 Å². The highest BCUT2D eigenvalue weighted by atomic mass is 16.7. The number of hydrogen-bond acceptors (Lipinski definition) is 6. The molecule has 1 aromatic carbocycles. The average molecular weight is 484 g/mol. The summed E-state index contributed by atoms with van der Waals surface area (Å²) in [6.07, 6.45) is 14.4. The number of hydrogen-bond donors (Lipinski definition) is 1. The van der Waals surface area contributed by atoms with Crippen LogP contribution in [-0.4, -0.2) is 47.6 Å². The van der Waals surface area contributed by atoms with Crippen molar-refractivity contribution in [2.75, 3.05) is 13.3 Å². The molecule has 1 saturated heterocycles. The molecule has 1 N–H and O–H groups in total. The van der Waals surface area contributed by atoms with E-state index in [1.54, 1.807) is 0 Å². The fraction of sp³-hybridized carbons (Fsp3) is 0.690. The SMILES string of the molecule is CCCCCCCCCCCCC(=O)O[C@H]1C=C2CCN3Cc4cc5c(cc4C(C23)[C@@H]1O)OCO5. The van der Waals surface area contributed by atoms with Crippen molar-refractivity contribution in [3.63, 3.8) is 0 Å². The predicted molar refractivity (Wildman–Crippen MR) is 135 cm³/mol. The van der Waals surface area contributed by atoms with Crippen molar-refractivity contribution < 1.29 is 24.1 Å². The van der Waals surface area contributed by atoms with E-state index in [9.17, 15) is 9.90 Å². The average Bonchev–Trinajstić information content (AvgIpc) is 3.48. The quantitative estimate of drug-likeness (QED) is 0.237. The van der Waals surface area contributed by atoms with Gasteiger partial charge in [0.05, 0.1) is 0 Å². The van der Waals surface area contributed by atoms with Gasteiger partial charge in [0.15, 0.2) is 11.5 Å². The van der Waals surface area contributed by atoms with Crippen LogP contribution in [0.15, 0.2) is 23.8 Å². The highest BCUT2D eigenvalue weighted by Crippen LogP contribution is 2.50. The number of rotatable bonds is 12. The monoisotopic (exact) mass is 483 g/mol. The second kappa shape index (κ2) is 11.3. The Hall–Kier alpha value is -2.05. The summed E-state index contributed by atoms with van der Waals surface area (Å²) < 4.78 is 17.1. The molecule has 0 amide bonds. The minimum absolute atomic E-state index is 0.120.